The highest BCUT2D eigenvalue weighted by molar-refractivity contribution is 5.91. The normalized spacial score (nSPS) is 46.4. The van der Waals surface area contributed by atoms with Crippen molar-refractivity contribution in [3.63, 3.8) is 0 Å². The largest absolute Gasteiger partial charge is 0.451 e. The predicted molar refractivity (Wildman–Crippen MR) is 107 cm³/mol. The fourth-order valence-electron chi connectivity index (χ4n) is 7.95. The lowest BCUT2D eigenvalue weighted by Crippen LogP contribution is -2.54. The van der Waals surface area contributed by atoms with Gasteiger partial charge in [0.15, 0.2) is 5.78 Å². The number of aliphatic hydroxyl groups is 1. The van der Waals surface area contributed by atoms with Gasteiger partial charge in [-0.2, -0.15) is 0 Å². The van der Waals surface area contributed by atoms with Gasteiger partial charge in [0.05, 0.1) is 0 Å². The molecule has 0 aromatic rings. The molecule has 0 saturated heterocycles. The van der Waals surface area contributed by atoms with Crippen LogP contribution in [0.25, 0.3) is 0 Å². The van der Waals surface area contributed by atoms with Crippen LogP contribution in [0, 0.1) is 35.0 Å². The Labute approximate surface area is 168 Å². The molecule has 3 fully saturated rings. The van der Waals surface area contributed by atoms with Gasteiger partial charge in [-0.15, -0.1) is 0 Å². The molecule has 1 aliphatic heterocycles. The maximum absolute atomic E-state index is 12.0. The maximum atomic E-state index is 12.0. The van der Waals surface area contributed by atoms with E-state index in [1.807, 2.05) is 6.08 Å². The van der Waals surface area contributed by atoms with Gasteiger partial charge in [-0.25, -0.2) is 4.79 Å². The number of fused-ring (bicyclic) bond motifs is 6. The Morgan fingerprint density at radius 1 is 1.18 bits per heavy atom. The summed E-state index contributed by atoms with van der Waals surface area (Å²) in [5.74, 6) is 2.38. The fraction of sp³-hybridized carbons (Fsp3) is 0.750. The van der Waals surface area contributed by atoms with Crippen LogP contribution in [0.5, 0.6) is 0 Å². The third-order valence-electron chi connectivity index (χ3n) is 8.99. The van der Waals surface area contributed by atoms with Crippen molar-refractivity contribution in [2.24, 2.45) is 35.0 Å². The molecule has 4 heteroatoms. The highest BCUT2D eigenvalue weighted by Crippen LogP contribution is 2.68. The average Bonchev–Trinajstić information content (AvgIpc) is 3.22. The molecule has 0 radical (unpaired) electrons. The summed E-state index contributed by atoms with van der Waals surface area (Å²) in [6.07, 6.45) is 13.5. The molecule has 0 aromatic heterocycles. The maximum Gasteiger partial charge on any atom is 0.331 e. The van der Waals surface area contributed by atoms with Gasteiger partial charge in [-0.3, -0.25) is 4.79 Å². The van der Waals surface area contributed by atoms with Gasteiger partial charge in [0, 0.05) is 30.4 Å². The van der Waals surface area contributed by atoms with Crippen molar-refractivity contribution in [2.75, 3.05) is 6.61 Å². The first kappa shape index (κ1) is 19.9. The Hall–Kier alpha value is -1.42. The van der Waals surface area contributed by atoms with E-state index < -0.39 is 5.60 Å². The van der Waals surface area contributed by atoms with Gasteiger partial charge in [0.2, 0.25) is 0 Å². The van der Waals surface area contributed by atoms with E-state index in [2.05, 4.69) is 13.0 Å². The minimum Gasteiger partial charge on any atom is -0.451 e. The molecule has 5 rings (SSSR count). The van der Waals surface area contributed by atoms with E-state index in [0.29, 0.717) is 30.1 Å². The smallest absolute Gasteiger partial charge is 0.331 e. The van der Waals surface area contributed by atoms with Crippen LogP contribution in [0.3, 0.4) is 0 Å². The van der Waals surface area contributed by atoms with E-state index in [4.69, 9.17) is 4.74 Å². The fourth-order valence-corrected chi connectivity index (χ4v) is 7.95. The molecule has 0 aromatic carbocycles. The molecule has 7 atom stereocenters. The first-order chi connectivity index (χ1) is 13.0. The number of carbonyl (C=O) groups is 2. The Morgan fingerprint density at radius 3 is 2.68 bits per heavy atom. The van der Waals surface area contributed by atoms with Crippen molar-refractivity contribution in [3.8, 4) is 0 Å². The van der Waals surface area contributed by atoms with Crippen molar-refractivity contribution in [1.29, 1.82) is 0 Å². The third-order valence-corrected chi connectivity index (χ3v) is 8.99. The van der Waals surface area contributed by atoms with Crippen LogP contribution in [0.1, 0.15) is 65.7 Å². The quantitative estimate of drug-likeness (QED) is 0.722. The van der Waals surface area contributed by atoms with E-state index in [0.717, 1.165) is 44.9 Å². The van der Waals surface area contributed by atoms with Crippen LogP contribution >= 0.6 is 0 Å². The first-order valence-electron chi connectivity index (χ1n) is 10.8. The molecule has 0 amide bonds. The van der Waals surface area contributed by atoms with Gasteiger partial charge in [0.25, 0.3) is 0 Å². The summed E-state index contributed by atoms with van der Waals surface area (Å²) in [5.41, 5.74) is 0.878. The van der Waals surface area contributed by atoms with Crippen molar-refractivity contribution >= 4 is 11.8 Å². The molecule has 1 spiro atoms. The number of hydrogen-bond acceptors (Lipinski definition) is 4. The van der Waals surface area contributed by atoms with Crippen molar-refractivity contribution < 1.29 is 19.4 Å². The molecular formula is C24H34O4. The van der Waals surface area contributed by atoms with Gasteiger partial charge in [0.1, 0.15) is 5.60 Å². The second-order valence-electron chi connectivity index (χ2n) is 9.54. The highest BCUT2D eigenvalue weighted by atomic mass is 16.6. The number of rotatable bonds is 2. The summed E-state index contributed by atoms with van der Waals surface area (Å²) in [4.78, 5) is 24.0. The third kappa shape index (κ3) is 2.46. The lowest BCUT2D eigenvalue weighted by atomic mass is 9.48. The summed E-state index contributed by atoms with van der Waals surface area (Å²) in [7, 11) is 0. The van der Waals surface area contributed by atoms with E-state index in [9.17, 15) is 14.7 Å². The number of ether oxygens (including phenoxy) is 1. The van der Waals surface area contributed by atoms with Crippen LogP contribution < -0.4 is 0 Å². The molecule has 1 heterocycles. The number of carbonyl (C=O) groups excluding carboxylic acids is 2. The molecule has 1 N–H and O–H groups in total. The zero-order valence-electron chi connectivity index (χ0n) is 16.2. The van der Waals surface area contributed by atoms with Crippen LogP contribution in [-0.2, 0) is 14.3 Å². The van der Waals surface area contributed by atoms with E-state index in [1.165, 1.54) is 5.57 Å². The lowest BCUT2D eigenvalue weighted by Gasteiger charge is -2.57. The van der Waals surface area contributed by atoms with Gasteiger partial charge < -0.3 is 9.84 Å². The van der Waals surface area contributed by atoms with Crippen molar-refractivity contribution in [1.82, 2.24) is 0 Å². The van der Waals surface area contributed by atoms with E-state index in [1.54, 1.807) is 6.08 Å². The summed E-state index contributed by atoms with van der Waals surface area (Å²) in [5, 5.41) is 10.1. The Kier molecular flexibility index (Phi) is 4.85. The summed E-state index contributed by atoms with van der Waals surface area (Å²) < 4.78 is 5.97. The number of aliphatic hydroxyl groups excluding tert-OH is 1. The summed E-state index contributed by atoms with van der Waals surface area (Å²) >= 11 is 0. The second-order valence-corrected chi connectivity index (χ2v) is 9.54. The van der Waals surface area contributed by atoms with E-state index in [-0.39, 0.29) is 37.1 Å². The van der Waals surface area contributed by atoms with Crippen molar-refractivity contribution in [2.45, 2.75) is 71.3 Å². The molecular weight excluding hydrogens is 352 g/mol. The molecule has 0 unspecified atom stereocenters. The summed E-state index contributed by atoms with van der Waals surface area (Å²) in [6, 6.07) is 0. The lowest BCUT2D eigenvalue weighted by molar-refractivity contribution is -0.165. The molecule has 28 heavy (non-hydrogen) atoms. The molecule has 4 nitrogen and oxygen atoms in total. The topological polar surface area (TPSA) is 63.6 Å². The zero-order valence-corrected chi connectivity index (χ0v) is 16.2. The summed E-state index contributed by atoms with van der Waals surface area (Å²) in [6.45, 7) is 2.40. The standard InChI is InChI=1S/C23H30O4.CH4/c1-2-22-8-5-17-16-4-3-15(25)12-18(16)14(13-24)11-19(17)20(22)6-9-23(22)10-7-21(26)27-23;/h7,10,12,14,16-17,19-20,24H,2-6,8-9,11,13H2,1H3;1H4/t14-,16+,17+,19+,20-,22-,23+;/m0./s1. The predicted octanol–water partition coefficient (Wildman–Crippen LogP) is 4.22. The second kappa shape index (κ2) is 6.83. The zero-order chi connectivity index (χ0) is 18.8. The minimum atomic E-state index is -0.401. The molecule has 4 aliphatic carbocycles. The molecule has 5 aliphatic rings. The average molecular weight is 387 g/mol. The number of hydrogen-bond donors (Lipinski definition) is 1. The van der Waals surface area contributed by atoms with Gasteiger partial charge in [-0.05, 0) is 80.8 Å². The van der Waals surface area contributed by atoms with Crippen LogP contribution in [-0.4, -0.2) is 29.1 Å². The van der Waals surface area contributed by atoms with Gasteiger partial charge in [-0.1, -0.05) is 19.9 Å². The monoisotopic (exact) mass is 386 g/mol. The Morgan fingerprint density at radius 2 is 2.00 bits per heavy atom. The SMILES string of the molecule is C.CC[C@]12CC[C@H]3[C@@H](C[C@@H](CO)C4=CC(=O)CC[C@@H]43)[C@@H]1CC[C@@]21C=CC(=O)O1. The van der Waals surface area contributed by atoms with E-state index >= 15 is 0 Å². The number of esters is 1. The van der Waals surface area contributed by atoms with Gasteiger partial charge >= 0.3 is 5.97 Å². The Bertz CT molecular complexity index is 737. The number of ketones is 1. The van der Waals surface area contributed by atoms with Crippen LogP contribution in [0.15, 0.2) is 23.8 Å². The minimum absolute atomic E-state index is 0. The van der Waals surface area contributed by atoms with Crippen molar-refractivity contribution in [3.05, 3.63) is 23.8 Å². The molecule has 3 saturated carbocycles. The first-order valence-corrected chi connectivity index (χ1v) is 10.8. The van der Waals surface area contributed by atoms with Crippen LogP contribution in [0.4, 0.5) is 0 Å². The Balaban J connectivity index is 0.00000192. The molecule has 154 valence electrons. The highest BCUT2D eigenvalue weighted by Gasteiger charge is 2.66. The van der Waals surface area contributed by atoms with Crippen LogP contribution in [0.2, 0.25) is 0 Å². The molecule has 0 bridgehead atoms.